The number of aromatic nitrogens is 1. The Kier molecular flexibility index (Phi) is 3.35. The van der Waals surface area contributed by atoms with Crippen molar-refractivity contribution < 1.29 is 14.1 Å². The van der Waals surface area contributed by atoms with Crippen LogP contribution in [0.5, 0.6) is 5.75 Å². The summed E-state index contributed by atoms with van der Waals surface area (Å²) < 4.78 is 17.6. The van der Waals surface area contributed by atoms with Crippen molar-refractivity contribution in [2.24, 2.45) is 0 Å². The average molecular weight is 281 g/mol. The summed E-state index contributed by atoms with van der Waals surface area (Å²) in [7, 11) is 0.815. The Hall–Kier alpha value is -0.940. The fraction of sp³-hybridized carbons (Fsp3) is 0.643. The van der Waals surface area contributed by atoms with Crippen molar-refractivity contribution in [3.05, 3.63) is 24.0 Å². The minimum absolute atomic E-state index is 0.113. The molecule has 2 atom stereocenters. The lowest BCUT2D eigenvalue weighted by atomic mass is 9.81. The molecule has 1 aromatic heterocycles. The second-order valence-corrected chi connectivity index (χ2v) is 7.51. The molecule has 2 saturated heterocycles. The molecule has 2 aliphatic heterocycles. The predicted molar refractivity (Wildman–Crippen MR) is 73.5 cm³/mol. The lowest BCUT2D eigenvalue weighted by molar-refractivity contribution is 0.00421. The van der Waals surface area contributed by atoms with Crippen molar-refractivity contribution in [1.82, 2.24) is 4.98 Å². The predicted octanol–water partition coefficient (Wildman–Crippen LogP) is 1.74. The van der Waals surface area contributed by atoms with E-state index in [2.05, 4.69) is 4.98 Å². The summed E-state index contributed by atoms with van der Waals surface area (Å²) in [6, 6.07) is 1.77. The van der Waals surface area contributed by atoms with Gasteiger partial charge in [0.1, 0.15) is 5.75 Å². The van der Waals surface area contributed by atoms with Gasteiger partial charge in [-0.25, -0.2) is 0 Å². The summed E-state index contributed by atoms with van der Waals surface area (Å²) in [6.07, 6.45) is 7.48. The van der Waals surface area contributed by atoms with Gasteiger partial charge in [-0.05, 0) is 31.7 Å². The van der Waals surface area contributed by atoms with Gasteiger partial charge >= 0.3 is 0 Å². The standard InChI is InChI=1S/C14H19NO3S/c1-18-13-5-6-15-9-12(13)14(16)7-10-3-2-4-11(8-14)19(10)17/h5-6,9-11,16H,2-4,7-8H2,1H3. The molecular weight excluding hydrogens is 262 g/mol. The van der Waals surface area contributed by atoms with Crippen LogP contribution in [0.4, 0.5) is 0 Å². The van der Waals surface area contributed by atoms with E-state index in [9.17, 15) is 9.32 Å². The highest BCUT2D eigenvalue weighted by atomic mass is 32.2. The van der Waals surface area contributed by atoms with E-state index in [0.29, 0.717) is 18.6 Å². The molecule has 1 N–H and O–H groups in total. The first-order chi connectivity index (χ1) is 9.14. The Morgan fingerprint density at radius 3 is 2.74 bits per heavy atom. The van der Waals surface area contributed by atoms with Crippen LogP contribution in [0, 0.1) is 0 Å². The number of fused-ring (bicyclic) bond motifs is 2. The summed E-state index contributed by atoms with van der Waals surface area (Å²) in [4.78, 5) is 4.11. The van der Waals surface area contributed by atoms with Crippen LogP contribution in [0.25, 0.3) is 0 Å². The average Bonchev–Trinajstić information content (AvgIpc) is 2.41. The van der Waals surface area contributed by atoms with Gasteiger partial charge in [-0.15, -0.1) is 0 Å². The monoisotopic (exact) mass is 281 g/mol. The van der Waals surface area contributed by atoms with E-state index in [4.69, 9.17) is 4.74 Å². The molecule has 2 bridgehead atoms. The minimum atomic E-state index is -0.941. The number of aliphatic hydroxyl groups is 1. The molecule has 0 spiro atoms. The molecule has 0 aliphatic carbocycles. The third-order valence-electron chi connectivity index (χ3n) is 4.34. The largest absolute Gasteiger partial charge is 0.496 e. The smallest absolute Gasteiger partial charge is 0.128 e. The molecule has 104 valence electrons. The minimum Gasteiger partial charge on any atom is -0.496 e. The van der Waals surface area contributed by atoms with Crippen LogP contribution in [0.15, 0.2) is 18.5 Å². The number of hydrogen-bond donors (Lipinski definition) is 1. The quantitative estimate of drug-likeness (QED) is 0.897. The summed E-state index contributed by atoms with van der Waals surface area (Å²) >= 11 is 0. The van der Waals surface area contributed by atoms with Crippen LogP contribution in [-0.2, 0) is 16.4 Å². The Morgan fingerprint density at radius 2 is 2.11 bits per heavy atom. The normalized spacial score (nSPS) is 37.9. The van der Waals surface area contributed by atoms with Crippen molar-refractivity contribution in [2.75, 3.05) is 7.11 Å². The van der Waals surface area contributed by atoms with Crippen molar-refractivity contribution in [3.63, 3.8) is 0 Å². The van der Waals surface area contributed by atoms with Gasteiger partial charge in [0, 0.05) is 39.3 Å². The van der Waals surface area contributed by atoms with Crippen molar-refractivity contribution >= 4 is 10.8 Å². The molecule has 5 heteroatoms. The molecule has 2 aliphatic rings. The van der Waals surface area contributed by atoms with E-state index < -0.39 is 16.4 Å². The second kappa shape index (κ2) is 4.87. The first kappa shape index (κ1) is 13.1. The zero-order chi connectivity index (χ0) is 13.5. The molecule has 19 heavy (non-hydrogen) atoms. The molecular formula is C14H19NO3S. The van der Waals surface area contributed by atoms with E-state index in [1.165, 1.54) is 0 Å². The van der Waals surface area contributed by atoms with Crippen molar-refractivity contribution in [2.45, 2.75) is 48.2 Å². The lowest BCUT2D eigenvalue weighted by Crippen LogP contribution is -2.47. The number of methoxy groups -OCH3 is 1. The molecule has 3 heterocycles. The second-order valence-electron chi connectivity index (χ2n) is 5.52. The summed E-state index contributed by atoms with van der Waals surface area (Å²) in [5.41, 5.74) is -0.199. The maximum atomic E-state index is 12.2. The van der Waals surface area contributed by atoms with Gasteiger partial charge in [-0.3, -0.25) is 9.19 Å². The topological polar surface area (TPSA) is 59.4 Å². The van der Waals surface area contributed by atoms with Crippen LogP contribution in [-0.4, -0.2) is 31.9 Å². The van der Waals surface area contributed by atoms with Gasteiger partial charge in [-0.1, -0.05) is 6.42 Å². The molecule has 0 aromatic carbocycles. The molecule has 4 nitrogen and oxygen atoms in total. The van der Waals surface area contributed by atoms with Gasteiger partial charge in [0.2, 0.25) is 0 Å². The molecule has 2 fully saturated rings. The number of ether oxygens (including phenoxy) is 1. The van der Waals surface area contributed by atoms with Crippen LogP contribution >= 0.6 is 0 Å². The van der Waals surface area contributed by atoms with E-state index in [1.807, 2.05) is 0 Å². The maximum absolute atomic E-state index is 12.2. The van der Waals surface area contributed by atoms with Gasteiger partial charge in [0.15, 0.2) is 0 Å². The van der Waals surface area contributed by atoms with Crippen molar-refractivity contribution in [3.8, 4) is 5.75 Å². The summed E-state index contributed by atoms with van der Waals surface area (Å²) in [5.74, 6) is 0.670. The molecule has 0 radical (unpaired) electrons. The van der Waals surface area contributed by atoms with Crippen molar-refractivity contribution in [1.29, 1.82) is 0 Å². The van der Waals surface area contributed by atoms with E-state index in [0.717, 1.165) is 24.8 Å². The Balaban J connectivity index is 1.97. The zero-order valence-electron chi connectivity index (χ0n) is 11.0. The van der Waals surface area contributed by atoms with E-state index in [1.54, 1.807) is 25.6 Å². The fourth-order valence-electron chi connectivity index (χ4n) is 3.41. The third-order valence-corrected chi connectivity index (χ3v) is 6.46. The molecule has 0 amide bonds. The highest BCUT2D eigenvalue weighted by Crippen LogP contribution is 2.46. The Morgan fingerprint density at radius 1 is 1.42 bits per heavy atom. The van der Waals surface area contributed by atoms with Crippen LogP contribution in [0.1, 0.15) is 37.7 Å². The number of pyridine rings is 1. The van der Waals surface area contributed by atoms with Gasteiger partial charge in [0.05, 0.1) is 12.7 Å². The van der Waals surface area contributed by atoms with Gasteiger partial charge in [-0.2, -0.15) is 0 Å². The zero-order valence-corrected chi connectivity index (χ0v) is 11.9. The molecule has 2 unspecified atom stereocenters. The number of rotatable bonds is 2. The SMILES string of the molecule is COc1ccncc1C1(O)CC2CCCC(C1)S2=O. The molecule has 1 aromatic rings. The third kappa shape index (κ3) is 2.19. The molecule has 3 rings (SSSR count). The van der Waals surface area contributed by atoms with Crippen LogP contribution in [0.3, 0.4) is 0 Å². The Bertz CT molecular complexity index is 489. The first-order valence-electron chi connectivity index (χ1n) is 6.74. The Labute approximate surface area is 115 Å². The van der Waals surface area contributed by atoms with Crippen LogP contribution in [0.2, 0.25) is 0 Å². The highest BCUT2D eigenvalue weighted by Gasteiger charge is 2.47. The van der Waals surface area contributed by atoms with Crippen LogP contribution < -0.4 is 4.74 Å². The lowest BCUT2D eigenvalue weighted by Gasteiger charge is -2.43. The first-order valence-corrected chi connectivity index (χ1v) is 8.02. The highest BCUT2D eigenvalue weighted by molar-refractivity contribution is 7.86. The number of hydrogen-bond acceptors (Lipinski definition) is 4. The molecule has 0 saturated carbocycles. The van der Waals surface area contributed by atoms with E-state index >= 15 is 0 Å². The number of nitrogens with zero attached hydrogens (tertiary/aromatic N) is 1. The van der Waals surface area contributed by atoms with E-state index in [-0.39, 0.29) is 10.5 Å². The summed E-state index contributed by atoms with van der Waals surface area (Å²) in [5, 5.41) is 11.3. The fourth-order valence-corrected chi connectivity index (χ4v) is 5.63. The van der Waals surface area contributed by atoms with Gasteiger partial charge < -0.3 is 9.84 Å². The maximum Gasteiger partial charge on any atom is 0.128 e. The summed E-state index contributed by atoms with van der Waals surface area (Å²) in [6.45, 7) is 0. The van der Waals surface area contributed by atoms with Gasteiger partial charge in [0.25, 0.3) is 0 Å².